The minimum atomic E-state index is 0.519. The van der Waals surface area contributed by atoms with E-state index in [1.165, 1.54) is 17.5 Å². The molecule has 0 unspecified atom stereocenters. The van der Waals surface area contributed by atoms with Crippen molar-refractivity contribution >= 4 is 0 Å². The second-order valence-corrected chi connectivity index (χ2v) is 4.64. The Balaban J connectivity index is 1.65. The largest absolute Gasteiger partial charge is 0.489 e. The van der Waals surface area contributed by atoms with Crippen LogP contribution in [0.2, 0.25) is 0 Å². The summed E-state index contributed by atoms with van der Waals surface area (Å²) in [6.45, 7) is 1.75. The van der Waals surface area contributed by atoms with Crippen LogP contribution in [0.25, 0.3) is 0 Å². The number of nitrogens with one attached hydrogen (secondary N) is 1. The van der Waals surface area contributed by atoms with Gasteiger partial charge < -0.3 is 10.1 Å². The van der Waals surface area contributed by atoms with E-state index in [-0.39, 0.29) is 0 Å². The van der Waals surface area contributed by atoms with Crippen LogP contribution in [0.4, 0.5) is 0 Å². The minimum Gasteiger partial charge on any atom is -0.489 e. The first-order valence-electron chi connectivity index (χ1n) is 6.42. The Morgan fingerprint density at radius 3 is 2.61 bits per heavy atom. The standard InChI is InChI=1S/C16H17NO/c1-2-5-13(6-3-1)12-18-15-8-4-7-14(11-15)16-9-10-17-16/h1-8,11,16-17H,9-10,12H2/t16-/m0/s1. The molecule has 2 heteroatoms. The van der Waals surface area contributed by atoms with Gasteiger partial charge in [0.2, 0.25) is 0 Å². The predicted octanol–water partition coefficient (Wildman–Crippen LogP) is 3.30. The normalized spacial score (nSPS) is 18.1. The fourth-order valence-corrected chi connectivity index (χ4v) is 2.14. The summed E-state index contributed by atoms with van der Waals surface area (Å²) in [5.41, 5.74) is 2.52. The van der Waals surface area contributed by atoms with Gasteiger partial charge in [-0.1, -0.05) is 42.5 Å². The highest BCUT2D eigenvalue weighted by atomic mass is 16.5. The zero-order valence-electron chi connectivity index (χ0n) is 10.3. The highest BCUT2D eigenvalue weighted by Gasteiger charge is 2.18. The average Bonchev–Trinajstić information content (AvgIpc) is 2.36. The van der Waals surface area contributed by atoms with E-state index in [0.29, 0.717) is 12.6 Å². The molecule has 0 bridgehead atoms. The quantitative estimate of drug-likeness (QED) is 0.884. The molecule has 1 aliphatic heterocycles. The van der Waals surface area contributed by atoms with Crippen LogP contribution in [0.3, 0.4) is 0 Å². The second kappa shape index (κ2) is 5.23. The van der Waals surface area contributed by atoms with Gasteiger partial charge in [0.25, 0.3) is 0 Å². The van der Waals surface area contributed by atoms with E-state index in [9.17, 15) is 0 Å². The molecule has 2 nitrogen and oxygen atoms in total. The van der Waals surface area contributed by atoms with Crippen LogP contribution in [0.15, 0.2) is 54.6 Å². The second-order valence-electron chi connectivity index (χ2n) is 4.64. The molecule has 1 heterocycles. The molecule has 1 aliphatic rings. The zero-order chi connectivity index (χ0) is 12.2. The van der Waals surface area contributed by atoms with E-state index in [1.807, 2.05) is 24.3 Å². The van der Waals surface area contributed by atoms with Crippen molar-refractivity contribution in [2.75, 3.05) is 6.54 Å². The Hall–Kier alpha value is -1.80. The summed E-state index contributed by atoms with van der Waals surface area (Å²) in [4.78, 5) is 0. The lowest BCUT2D eigenvalue weighted by atomic mass is 9.98. The fraction of sp³-hybridized carbons (Fsp3) is 0.250. The van der Waals surface area contributed by atoms with Gasteiger partial charge in [0.1, 0.15) is 12.4 Å². The van der Waals surface area contributed by atoms with Gasteiger partial charge in [-0.25, -0.2) is 0 Å². The molecule has 0 saturated carbocycles. The number of ether oxygens (including phenoxy) is 1. The van der Waals surface area contributed by atoms with Gasteiger partial charge in [-0.15, -0.1) is 0 Å². The Morgan fingerprint density at radius 2 is 1.89 bits per heavy atom. The van der Waals surface area contributed by atoms with Crippen LogP contribution in [0.5, 0.6) is 5.75 Å². The third-order valence-electron chi connectivity index (χ3n) is 3.33. The molecule has 0 spiro atoms. The summed E-state index contributed by atoms with van der Waals surface area (Å²) in [5.74, 6) is 0.949. The maximum atomic E-state index is 5.82. The lowest BCUT2D eigenvalue weighted by molar-refractivity contribution is 0.304. The Morgan fingerprint density at radius 1 is 1.06 bits per heavy atom. The molecule has 92 valence electrons. The number of hydrogen-bond donors (Lipinski definition) is 1. The van der Waals surface area contributed by atoms with Gasteiger partial charge in [-0.2, -0.15) is 0 Å². The number of hydrogen-bond acceptors (Lipinski definition) is 2. The molecular weight excluding hydrogens is 222 g/mol. The summed E-state index contributed by atoms with van der Waals surface area (Å²) in [6, 6.07) is 19.2. The molecule has 0 radical (unpaired) electrons. The summed E-state index contributed by atoms with van der Waals surface area (Å²) in [5, 5.41) is 3.41. The Bertz CT molecular complexity index is 506. The van der Waals surface area contributed by atoms with Crippen molar-refractivity contribution in [3.8, 4) is 5.75 Å². The molecule has 1 saturated heterocycles. The van der Waals surface area contributed by atoms with Crippen LogP contribution >= 0.6 is 0 Å². The first-order chi connectivity index (χ1) is 8.92. The number of rotatable bonds is 4. The van der Waals surface area contributed by atoms with Gasteiger partial charge in [-0.3, -0.25) is 0 Å². The van der Waals surface area contributed by atoms with Gasteiger partial charge >= 0.3 is 0 Å². The summed E-state index contributed by atoms with van der Waals surface area (Å²) >= 11 is 0. The first kappa shape index (κ1) is 11.3. The van der Waals surface area contributed by atoms with Gasteiger partial charge in [0.15, 0.2) is 0 Å². The van der Waals surface area contributed by atoms with Crippen molar-refractivity contribution in [1.29, 1.82) is 0 Å². The van der Waals surface area contributed by atoms with Crippen LogP contribution in [-0.2, 0) is 6.61 Å². The molecule has 3 rings (SSSR count). The summed E-state index contributed by atoms with van der Waals surface area (Å²) in [6.07, 6.45) is 1.22. The molecule has 0 amide bonds. The van der Waals surface area contributed by atoms with Crippen molar-refractivity contribution in [2.24, 2.45) is 0 Å². The average molecular weight is 239 g/mol. The van der Waals surface area contributed by atoms with Crippen molar-refractivity contribution in [3.63, 3.8) is 0 Å². The predicted molar refractivity (Wildman–Crippen MR) is 72.6 cm³/mol. The van der Waals surface area contributed by atoms with E-state index in [2.05, 4.69) is 35.6 Å². The van der Waals surface area contributed by atoms with Crippen molar-refractivity contribution < 1.29 is 4.74 Å². The lowest BCUT2D eigenvalue weighted by Gasteiger charge is -2.28. The molecule has 2 aromatic rings. The van der Waals surface area contributed by atoms with Gasteiger partial charge in [-0.05, 0) is 36.2 Å². The van der Waals surface area contributed by atoms with Crippen LogP contribution < -0.4 is 10.1 Å². The van der Waals surface area contributed by atoms with Crippen molar-refractivity contribution in [1.82, 2.24) is 5.32 Å². The van der Waals surface area contributed by atoms with Gasteiger partial charge in [0.05, 0.1) is 0 Å². The molecular formula is C16H17NO. The third-order valence-corrected chi connectivity index (χ3v) is 3.33. The minimum absolute atomic E-state index is 0.519. The molecule has 1 fully saturated rings. The first-order valence-corrected chi connectivity index (χ1v) is 6.42. The monoisotopic (exact) mass is 239 g/mol. The van der Waals surface area contributed by atoms with Crippen LogP contribution in [0, 0.1) is 0 Å². The molecule has 0 aromatic heterocycles. The maximum absolute atomic E-state index is 5.82. The third kappa shape index (κ3) is 2.54. The van der Waals surface area contributed by atoms with Gasteiger partial charge in [0, 0.05) is 6.04 Å². The van der Waals surface area contributed by atoms with E-state index in [1.54, 1.807) is 0 Å². The van der Waals surface area contributed by atoms with E-state index in [4.69, 9.17) is 4.74 Å². The lowest BCUT2D eigenvalue weighted by Crippen LogP contribution is -2.34. The van der Waals surface area contributed by atoms with Crippen LogP contribution in [-0.4, -0.2) is 6.54 Å². The van der Waals surface area contributed by atoms with Crippen molar-refractivity contribution in [2.45, 2.75) is 19.1 Å². The Labute approximate surface area is 108 Å². The number of benzene rings is 2. The highest BCUT2D eigenvalue weighted by Crippen LogP contribution is 2.26. The molecule has 18 heavy (non-hydrogen) atoms. The van der Waals surface area contributed by atoms with E-state index in [0.717, 1.165) is 12.3 Å². The fourth-order valence-electron chi connectivity index (χ4n) is 2.14. The zero-order valence-corrected chi connectivity index (χ0v) is 10.3. The molecule has 1 atom stereocenters. The van der Waals surface area contributed by atoms with E-state index < -0.39 is 0 Å². The maximum Gasteiger partial charge on any atom is 0.120 e. The Kier molecular flexibility index (Phi) is 3.29. The topological polar surface area (TPSA) is 21.3 Å². The summed E-state index contributed by atoms with van der Waals surface area (Å²) in [7, 11) is 0. The smallest absolute Gasteiger partial charge is 0.120 e. The SMILES string of the molecule is c1ccc(COc2cccc([C@@H]3CCN3)c2)cc1. The molecule has 1 N–H and O–H groups in total. The van der Waals surface area contributed by atoms with E-state index >= 15 is 0 Å². The van der Waals surface area contributed by atoms with Crippen molar-refractivity contribution in [3.05, 3.63) is 65.7 Å². The molecule has 2 aromatic carbocycles. The summed E-state index contributed by atoms with van der Waals surface area (Å²) < 4.78 is 5.82. The highest BCUT2D eigenvalue weighted by molar-refractivity contribution is 5.31. The molecule has 0 aliphatic carbocycles. The van der Waals surface area contributed by atoms with Crippen LogP contribution in [0.1, 0.15) is 23.6 Å².